The first kappa shape index (κ1) is 19.6. The molecule has 2 aromatic rings. The van der Waals surface area contributed by atoms with Crippen molar-refractivity contribution < 1.29 is 14.3 Å². The molecule has 0 saturated carbocycles. The molecule has 2 amide bonds. The quantitative estimate of drug-likeness (QED) is 0.765. The van der Waals surface area contributed by atoms with Crippen molar-refractivity contribution in [3.8, 4) is 0 Å². The van der Waals surface area contributed by atoms with Gasteiger partial charge in [-0.25, -0.2) is 9.31 Å². The molecule has 4 heterocycles. The van der Waals surface area contributed by atoms with Crippen molar-refractivity contribution in [3.05, 3.63) is 23.1 Å². The number of fused-ring (bicyclic) bond motifs is 1. The summed E-state index contributed by atoms with van der Waals surface area (Å²) in [6, 6.07) is 2.12. The van der Waals surface area contributed by atoms with E-state index < -0.39 is 0 Å². The molecule has 0 bridgehead atoms. The van der Waals surface area contributed by atoms with Crippen LogP contribution >= 0.6 is 0 Å². The average Bonchev–Trinajstić information content (AvgIpc) is 3.28. The number of likely N-dealkylation sites (tertiary alicyclic amines) is 1. The van der Waals surface area contributed by atoms with Gasteiger partial charge in [-0.1, -0.05) is 19.8 Å². The number of hydrogen-bond donors (Lipinski definition) is 0. The molecule has 0 N–H and O–H groups in total. The predicted octanol–water partition coefficient (Wildman–Crippen LogP) is 2.36. The first-order valence-corrected chi connectivity index (χ1v) is 10.4. The molecule has 156 valence electrons. The number of amides is 2. The maximum Gasteiger partial charge on any atom is 0.410 e. The van der Waals surface area contributed by atoms with Gasteiger partial charge in [-0.2, -0.15) is 5.10 Å². The zero-order chi connectivity index (χ0) is 20.5. The van der Waals surface area contributed by atoms with Crippen LogP contribution in [0.2, 0.25) is 0 Å². The molecule has 9 heteroatoms. The number of ether oxygens (including phenoxy) is 1. The second kappa shape index (κ2) is 7.96. The Hall–Kier alpha value is -2.71. The third-order valence-electron chi connectivity index (χ3n) is 5.97. The highest BCUT2D eigenvalue weighted by Gasteiger charge is 2.39. The summed E-state index contributed by atoms with van der Waals surface area (Å²) in [5.41, 5.74) is 2.50. The Labute approximate surface area is 170 Å². The highest BCUT2D eigenvalue weighted by molar-refractivity contribution is 5.93. The van der Waals surface area contributed by atoms with Gasteiger partial charge < -0.3 is 9.64 Å². The molecule has 1 unspecified atom stereocenters. The summed E-state index contributed by atoms with van der Waals surface area (Å²) in [6.07, 6.45) is 4.45. The van der Waals surface area contributed by atoms with Gasteiger partial charge in [-0.15, -0.1) is 10.2 Å². The summed E-state index contributed by atoms with van der Waals surface area (Å²) in [5.74, 6) is -0.130. The van der Waals surface area contributed by atoms with E-state index in [9.17, 15) is 9.59 Å². The first-order chi connectivity index (χ1) is 14.0. The van der Waals surface area contributed by atoms with E-state index in [2.05, 4.69) is 22.2 Å². The van der Waals surface area contributed by atoms with Crippen LogP contribution in [0.4, 0.5) is 4.79 Å². The average molecular weight is 400 g/mol. The molecule has 29 heavy (non-hydrogen) atoms. The largest absolute Gasteiger partial charge is 0.447 e. The lowest BCUT2D eigenvalue weighted by atomic mass is 10.00. The summed E-state index contributed by atoms with van der Waals surface area (Å²) in [7, 11) is 0. The van der Waals surface area contributed by atoms with Gasteiger partial charge in [0, 0.05) is 25.2 Å². The number of aryl methyl sites for hydroxylation is 2. The van der Waals surface area contributed by atoms with Crippen molar-refractivity contribution >= 4 is 17.6 Å². The molecule has 2 saturated heterocycles. The number of carbonyl (C=O) groups excluding carboxylic acids is 2. The fourth-order valence-electron chi connectivity index (χ4n) is 4.35. The number of aromatic nitrogens is 4. The normalized spacial score (nSPS) is 20.5. The number of cyclic esters (lactones) is 1. The molecule has 0 radical (unpaired) electrons. The Morgan fingerprint density at radius 1 is 1.24 bits per heavy atom. The van der Waals surface area contributed by atoms with Crippen molar-refractivity contribution in [2.24, 2.45) is 0 Å². The lowest BCUT2D eigenvalue weighted by Gasteiger charge is -2.37. The van der Waals surface area contributed by atoms with Crippen LogP contribution in [0.15, 0.2) is 6.07 Å². The summed E-state index contributed by atoms with van der Waals surface area (Å²) in [6.45, 7) is 7.54. The van der Waals surface area contributed by atoms with Crippen LogP contribution in [0.1, 0.15) is 60.9 Å². The number of nitrogens with zero attached hydrogens (tertiary/aromatic N) is 6. The van der Waals surface area contributed by atoms with E-state index in [1.165, 1.54) is 0 Å². The molecule has 0 spiro atoms. The van der Waals surface area contributed by atoms with Crippen molar-refractivity contribution in [1.29, 1.82) is 0 Å². The lowest BCUT2D eigenvalue weighted by molar-refractivity contribution is 0.0625. The van der Waals surface area contributed by atoms with Gasteiger partial charge in [0.05, 0.1) is 17.4 Å². The van der Waals surface area contributed by atoms with Crippen molar-refractivity contribution in [2.45, 2.75) is 65.0 Å². The van der Waals surface area contributed by atoms with Crippen LogP contribution in [-0.2, 0) is 4.74 Å². The maximum atomic E-state index is 13.0. The van der Waals surface area contributed by atoms with E-state index in [1.807, 2.05) is 24.8 Å². The Balaban J connectivity index is 1.43. The molecule has 0 aromatic carbocycles. The summed E-state index contributed by atoms with van der Waals surface area (Å²) >= 11 is 0. The van der Waals surface area contributed by atoms with Gasteiger partial charge in [0.25, 0.3) is 5.91 Å². The smallest absolute Gasteiger partial charge is 0.410 e. The van der Waals surface area contributed by atoms with Gasteiger partial charge in [0.15, 0.2) is 11.3 Å². The van der Waals surface area contributed by atoms with E-state index >= 15 is 0 Å². The highest BCUT2D eigenvalue weighted by atomic mass is 16.6. The Morgan fingerprint density at radius 3 is 2.72 bits per heavy atom. The van der Waals surface area contributed by atoms with Crippen LogP contribution in [-0.4, -0.2) is 73.4 Å². The summed E-state index contributed by atoms with van der Waals surface area (Å²) < 4.78 is 6.98. The third kappa shape index (κ3) is 3.65. The second-order valence-electron chi connectivity index (χ2n) is 7.99. The minimum Gasteiger partial charge on any atom is -0.447 e. The van der Waals surface area contributed by atoms with Gasteiger partial charge in [0.2, 0.25) is 0 Å². The van der Waals surface area contributed by atoms with E-state index in [4.69, 9.17) is 4.74 Å². The monoisotopic (exact) mass is 400 g/mol. The lowest BCUT2D eigenvalue weighted by Crippen LogP contribution is -2.50. The maximum absolute atomic E-state index is 13.0. The van der Waals surface area contributed by atoms with Crippen molar-refractivity contribution in [3.63, 3.8) is 0 Å². The molecule has 2 aliphatic heterocycles. The zero-order valence-electron chi connectivity index (χ0n) is 17.3. The minimum absolute atomic E-state index is 0.124. The summed E-state index contributed by atoms with van der Waals surface area (Å²) in [5, 5.41) is 12.7. The van der Waals surface area contributed by atoms with E-state index in [1.54, 1.807) is 9.42 Å². The number of rotatable bonds is 5. The number of carbonyl (C=O) groups is 2. The molecular formula is C20H28N6O3. The Bertz CT molecular complexity index is 918. The summed E-state index contributed by atoms with van der Waals surface area (Å²) in [4.78, 5) is 29.0. The van der Waals surface area contributed by atoms with Gasteiger partial charge >= 0.3 is 6.09 Å². The number of unbranched alkanes of at least 4 members (excludes halogenated alkanes) is 1. The van der Waals surface area contributed by atoms with Crippen LogP contribution in [0, 0.1) is 13.8 Å². The molecule has 2 fully saturated rings. The van der Waals surface area contributed by atoms with Gasteiger partial charge in [-0.3, -0.25) is 9.69 Å². The molecule has 4 rings (SSSR count). The van der Waals surface area contributed by atoms with E-state index in [0.29, 0.717) is 36.7 Å². The molecule has 0 aliphatic carbocycles. The molecular weight excluding hydrogens is 372 g/mol. The first-order valence-electron chi connectivity index (χ1n) is 10.4. The molecule has 2 aliphatic rings. The number of hydrogen-bond acceptors (Lipinski definition) is 6. The fourth-order valence-corrected chi connectivity index (χ4v) is 4.35. The third-order valence-corrected chi connectivity index (χ3v) is 5.97. The van der Waals surface area contributed by atoms with Gasteiger partial charge in [0.1, 0.15) is 6.61 Å². The highest BCUT2D eigenvalue weighted by Crippen LogP contribution is 2.27. The second-order valence-corrected chi connectivity index (χ2v) is 7.99. The molecule has 9 nitrogen and oxygen atoms in total. The molecule has 2 aromatic heterocycles. The van der Waals surface area contributed by atoms with Crippen LogP contribution in [0.5, 0.6) is 0 Å². The van der Waals surface area contributed by atoms with E-state index in [0.717, 1.165) is 37.8 Å². The zero-order valence-corrected chi connectivity index (χ0v) is 17.3. The Morgan fingerprint density at radius 2 is 2.00 bits per heavy atom. The SMILES string of the molecule is CCCCC1COC(=O)N1C1CCN(C(=O)c2nnc3cc(C)nn3c2C)CC1. The van der Waals surface area contributed by atoms with Crippen molar-refractivity contribution in [1.82, 2.24) is 29.6 Å². The van der Waals surface area contributed by atoms with Crippen LogP contribution < -0.4 is 0 Å². The minimum atomic E-state index is -0.211. The standard InChI is InChI=1S/C20H28N6O3/c1-4-5-6-16-12-29-20(28)25(16)15-7-9-24(10-8-15)19(27)18-14(3)26-17(21-22-18)11-13(2)23-26/h11,15-16H,4-10,12H2,1-3H3. The van der Waals surface area contributed by atoms with Gasteiger partial charge in [-0.05, 0) is 33.1 Å². The molecule has 1 atom stereocenters. The van der Waals surface area contributed by atoms with Crippen molar-refractivity contribution in [2.75, 3.05) is 19.7 Å². The predicted molar refractivity (Wildman–Crippen MR) is 106 cm³/mol. The topological polar surface area (TPSA) is 92.9 Å². The number of piperidine rings is 1. The Kier molecular flexibility index (Phi) is 5.38. The fraction of sp³-hybridized carbons (Fsp3) is 0.650. The van der Waals surface area contributed by atoms with E-state index in [-0.39, 0.29) is 24.1 Å². The van der Waals surface area contributed by atoms with Crippen LogP contribution in [0.25, 0.3) is 5.65 Å². The van der Waals surface area contributed by atoms with Crippen LogP contribution in [0.3, 0.4) is 0 Å².